The average Bonchev–Trinajstić information content (AvgIpc) is 2.47. The van der Waals surface area contributed by atoms with Gasteiger partial charge >= 0.3 is 5.97 Å². The van der Waals surface area contributed by atoms with Crippen molar-refractivity contribution >= 4 is 5.97 Å². The first kappa shape index (κ1) is 11.9. The molecule has 0 saturated heterocycles. The first-order chi connectivity index (χ1) is 9.25. The van der Waals surface area contributed by atoms with Gasteiger partial charge in [-0.15, -0.1) is 0 Å². The van der Waals surface area contributed by atoms with Gasteiger partial charge in [0.25, 0.3) is 0 Å². The number of carbonyl (C=O) groups is 1. The number of benzene rings is 2. The van der Waals surface area contributed by atoms with Crippen LogP contribution in [0.4, 0.5) is 0 Å². The molecule has 1 atom stereocenters. The minimum atomic E-state index is -0.886. The summed E-state index contributed by atoms with van der Waals surface area (Å²) in [6, 6.07) is 15.7. The minimum Gasteiger partial charge on any atom is -0.478 e. The lowest BCUT2D eigenvalue weighted by atomic mass is 9.90. The van der Waals surface area contributed by atoms with Crippen LogP contribution in [-0.4, -0.2) is 17.6 Å². The molecule has 3 rings (SSSR count). The molecule has 2 aromatic carbocycles. The van der Waals surface area contributed by atoms with E-state index >= 15 is 0 Å². The summed E-state index contributed by atoms with van der Waals surface area (Å²) >= 11 is 0. The third kappa shape index (κ3) is 2.25. The Morgan fingerprint density at radius 3 is 2.58 bits per heavy atom. The van der Waals surface area contributed by atoms with Crippen LogP contribution in [0, 0.1) is 0 Å². The van der Waals surface area contributed by atoms with Crippen molar-refractivity contribution in [3.8, 4) is 0 Å². The molecule has 0 spiro atoms. The molecule has 0 fully saturated rings. The normalized spacial score (nSPS) is 17.8. The number of carboxylic acids is 1. The van der Waals surface area contributed by atoms with Crippen molar-refractivity contribution in [3.63, 3.8) is 0 Å². The van der Waals surface area contributed by atoms with Gasteiger partial charge in [0, 0.05) is 6.54 Å². The number of nitrogens with one attached hydrogen (secondary N) is 1. The zero-order valence-electron chi connectivity index (χ0n) is 10.5. The molecule has 1 aliphatic rings. The molecule has 1 heterocycles. The maximum atomic E-state index is 10.9. The van der Waals surface area contributed by atoms with Gasteiger partial charge in [-0.25, -0.2) is 4.79 Å². The first-order valence-electron chi connectivity index (χ1n) is 6.40. The molecule has 96 valence electrons. The zero-order chi connectivity index (χ0) is 13.2. The van der Waals surface area contributed by atoms with E-state index in [0.717, 1.165) is 18.5 Å². The maximum Gasteiger partial charge on any atom is 0.335 e. The SMILES string of the molecule is O=C(O)c1ccc(C2NCCc3ccccc32)cc1. The standard InChI is InChI=1S/C16H15NO2/c18-16(19)13-7-5-12(6-8-13)15-14-4-2-1-3-11(14)9-10-17-15/h1-8,15,17H,9-10H2,(H,18,19). The van der Waals surface area contributed by atoms with E-state index in [4.69, 9.17) is 5.11 Å². The fourth-order valence-electron chi connectivity index (χ4n) is 2.62. The molecule has 1 aliphatic heterocycles. The van der Waals surface area contributed by atoms with E-state index in [2.05, 4.69) is 23.5 Å². The summed E-state index contributed by atoms with van der Waals surface area (Å²) in [7, 11) is 0. The molecule has 3 nitrogen and oxygen atoms in total. The van der Waals surface area contributed by atoms with Gasteiger partial charge in [0.2, 0.25) is 0 Å². The van der Waals surface area contributed by atoms with Crippen molar-refractivity contribution in [2.75, 3.05) is 6.54 Å². The molecular formula is C16H15NO2. The number of fused-ring (bicyclic) bond motifs is 1. The van der Waals surface area contributed by atoms with Gasteiger partial charge < -0.3 is 10.4 Å². The number of aromatic carboxylic acids is 1. The van der Waals surface area contributed by atoms with E-state index < -0.39 is 5.97 Å². The lowest BCUT2D eigenvalue weighted by molar-refractivity contribution is 0.0697. The van der Waals surface area contributed by atoms with Gasteiger partial charge in [-0.1, -0.05) is 36.4 Å². The Labute approximate surface area is 111 Å². The lowest BCUT2D eigenvalue weighted by Crippen LogP contribution is -2.30. The third-order valence-electron chi connectivity index (χ3n) is 3.60. The molecule has 1 unspecified atom stereocenters. The molecular weight excluding hydrogens is 238 g/mol. The molecule has 0 radical (unpaired) electrons. The second-order valence-corrected chi connectivity index (χ2v) is 4.76. The lowest BCUT2D eigenvalue weighted by Gasteiger charge is -2.27. The topological polar surface area (TPSA) is 49.3 Å². The van der Waals surface area contributed by atoms with Crippen LogP contribution in [-0.2, 0) is 6.42 Å². The molecule has 19 heavy (non-hydrogen) atoms. The minimum absolute atomic E-state index is 0.160. The van der Waals surface area contributed by atoms with Crippen molar-refractivity contribution in [2.24, 2.45) is 0 Å². The fourth-order valence-corrected chi connectivity index (χ4v) is 2.62. The summed E-state index contributed by atoms with van der Waals surface area (Å²) in [5.74, 6) is -0.886. The Bertz CT molecular complexity index is 604. The zero-order valence-corrected chi connectivity index (χ0v) is 10.5. The second kappa shape index (κ2) is 4.86. The summed E-state index contributed by atoms with van der Waals surface area (Å²) in [5.41, 5.74) is 4.09. The molecule has 0 aliphatic carbocycles. The van der Waals surface area contributed by atoms with Gasteiger partial charge in [-0.3, -0.25) is 0 Å². The number of rotatable bonds is 2. The first-order valence-corrected chi connectivity index (χ1v) is 6.40. The van der Waals surface area contributed by atoms with E-state index in [1.54, 1.807) is 12.1 Å². The van der Waals surface area contributed by atoms with Gasteiger partial charge in [-0.2, -0.15) is 0 Å². The Morgan fingerprint density at radius 1 is 1.11 bits per heavy atom. The average molecular weight is 253 g/mol. The van der Waals surface area contributed by atoms with Crippen LogP contribution in [0.3, 0.4) is 0 Å². The second-order valence-electron chi connectivity index (χ2n) is 4.76. The van der Waals surface area contributed by atoms with Crippen molar-refractivity contribution in [1.29, 1.82) is 0 Å². The van der Waals surface area contributed by atoms with Crippen molar-refractivity contribution in [2.45, 2.75) is 12.5 Å². The number of hydrogen-bond donors (Lipinski definition) is 2. The van der Waals surface area contributed by atoms with E-state index in [1.807, 2.05) is 18.2 Å². The summed E-state index contributed by atoms with van der Waals surface area (Å²) < 4.78 is 0. The summed E-state index contributed by atoms with van der Waals surface area (Å²) in [6.07, 6.45) is 1.04. The highest BCUT2D eigenvalue weighted by molar-refractivity contribution is 5.87. The van der Waals surface area contributed by atoms with E-state index in [1.165, 1.54) is 11.1 Å². The quantitative estimate of drug-likeness (QED) is 0.865. The highest BCUT2D eigenvalue weighted by Crippen LogP contribution is 2.28. The largest absolute Gasteiger partial charge is 0.478 e. The molecule has 0 saturated carbocycles. The monoisotopic (exact) mass is 253 g/mol. The molecule has 3 heteroatoms. The van der Waals surface area contributed by atoms with Crippen molar-refractivity contribution in [1.82, 2.24) is 5.32 Å². The highest BCUT2D eigenvalue weighted by Gasteiger charge is 2.20. The molecule has 2 aromatic rings. The highest BCUT2D eigenvalue weighted by atomic mass is 16.4. The van der Waals surface area contributed by atoms with E-state index in [-0.39, 0.29) is 6.04 Å². The van der Waals surface area contributed by atoms with Gasteiger partial charge in [0.1, 0.15) is 0 Å². The van der Waals surface area contributed by atoms with Gasteiger partial charge in [0.15, 0.2) is 0 Å². The maximum absolute atomic E-state index is 10.9. The number of carboxylic acid groups (broad SMARTS) is 1. The fraction of sp³-hybridized carbons (Fsp3) is 0.188. The van der Waals surface area contributed by atoms with Crippen LogP contribution in [0.15, 0.2) is 48.5 Å². The van der Waals surface area contributed by atoms with Gasteiger partial charge in [0.05, 0.1) is 11.6 Å². The van der Waals surface area contributed by atoms with Crippen LogP contribution in [0.1, 0.15) is 33.1 Å². The number of hydrogen-bond acceptors (Lipinski definition) is 2. The Balaban J connectivity index is 1.97. The summed E-state index contributed by atoms with van der Waals surface area (Å²) in [4.78, 5) is 10.9. The van der Waals surface area contributed by atoms with Crippen LogP contribution in [0.2, 0.25) is 0 Å². The summed E-state index contributed by atoms with van der Waals surface area (Å²) in [6.45, 7) is 0.947. The van der Waals surface area contributed by atoms with Crippen LogP contribution >= 0.6 is 0 Å². The summed E-state index contributed by atoms with van der Waals surface area (Å²) in [5, 5.41) is 12.4. The molecule has 0 aromatic heterocycles. The van der Waals surface area contributed by atoms with Crippen LogP contribution in [0.5, 0.6) is 0 Å². The van der Waals surface area contributed by atoms with Crippen molar-refractivity contribution in [3.05, 3.63) is 70.8 Å². The van der Waals surface area contributed by atoms with Crippen LogP contribution < -0.4 is 5.32 Å². The Morgan fingerprint density at radius 2 is 1.84 bits per heavy atom. The third-order valence-corrected chi connectivity index (χ3v) is 3.60. The van der Waals surface area contributed by atoms with E-state index in [9.17, 15) is 4.79 Å². The van der Waals surface area contributed by atoms with Crippen LogP contribution in [0.25, 0.3) is 0 Å². The molecule has 2 N–H and O–H groups in total. The smallest absolute Gasteiger partial charge is 0.335 e. The predicted molar refractivity (Wildman–Crippen MR) is 73.4 cm³/mol. The Kier molecular flexibility index (Phi) is 3.05. The molecule has 0 amide bonds. The van der Waals surface area contributed by atoms with Gasteiger partial charge in [-0.05, 0) is 35.2 Å². The van der Waals surface area contributed by atoms with E-state index in [0.29, 0.717) is 5.56 Å². The predicted octanol–water partition coefficient (Wildman–Crippen LogP) is 2.62. The Hall–Kier alpha value is -2.13. The van der Waals surface area contributed by atoms with Crippen molar-refractivity contribution < 1.29 is 9.90 Å². The molecule has 0 bridgehead atoms.